The van der Waals surface area contributed by atoms with E-state index in [1.165, 1.54) is 0 Å². The van der Waals surface area contributed by atoms with Crippen LogP contribution >= 0.6 is 17.0 Å². The summed E-state index contributed by atoms with van der Waals surface area (Å²) >= 11 is 1.90. The Morgan fingerprint density at radius 2 is 1.80 bits per heavy atom. The van der Waals surface area contributed by atoms with Crippen LogP contribution in [0.2, 0.25) is 0 Å². The van der Waals surface area contributed by atoms with Gasteiger partial charge in [0, 0.05) is 0 Å². The standard InChI is InChI=1S/CH4N2Se.BrH/c2-1(3)4;/h(H4,2,3,4);1H. The van der Waals surface area contributed by atoms with Crippen molar-refractivity contribution in [2.24, 2.45) is 5.73 Å². The van der Waals surface area contributed by atoms with E-state index in [2.05, 4.69) is 5.73 Å². The Balaban J connectivity index is 0. The zero-order valence-corrected chi connectivity index (χ0v) is 6.02. The Kier molecular flexibility index (Phi) is 8.11. The molecule has 0 amide bonds. The van der Waals surface area contributed by atoms with Gasteiger partial charge < -0.3 is 0 Å². The number of hydrogen-bond donors (Lipinski definition) is 2. The molecule has 0 heterocycles. The van der Waals surface area contributed by atoms with Gasteiger partial charge in [0.25, 0.3) is 0 Å². The molecule has 0 unspecified atom stereocenters. The van der Waals surface area contributed by atoms with Crippen molar-refractivity contribution in [3.63, 3.8) is 0 Å². The number of nitrogens with two attached hydrogens (primary N) is 1. The molecule has 0 fully saturated rings. The average molecular weight is 204 g/mol. The van der Waals surface area contributed by atoms with Crippen LogP contribution in [0.15, 0.2) is 0 Å². The number of hydrogen-bond acceptors (Lipinski definition) is 1. The molecule has 0 saturated heterocycles. The van der Waals surface area contributed by atoms with E-state index in [1.54, 1.807) is 0 Å². The SMILES string of the molecule is Br.N=C(N)[SeH]. The van der Waals surface area contributed by atoms with Gasteiger partial charge in [0.1, 0.15) is 0 Å². The maximum absolute atomic E-state index is 6.25. The van der Waals surface area contributed by atoms with Gasteiger partial charge in [-0.05, 0) is 0 Å². The molecular weight excluding hydrogens is 199 g/mol. The fourth-order valence-electron chi connectivity index (χ4n) is 0. The van der Waals surface area contributed by atoms with E-state index in [-0.39, 0.29) is 21.7 Å². The molecule has 0 rings (SSSR count). The van der Waals surface area contributed by atoms with Crippen LogP contribution in [0.25, 0.3) is 0 Å². The van der Waals surface area contributed by atoms with E-state index in [0.29, 0.717) is 0 Å². The molecule has 0 saturated carbocycles. The van der Waals surface area contributed by atoms with Crippen molar-refractivity contribution in [1.29, 1.82) is 5.41 Å². The molecular formula is CH5BrN2Se. The van der Waals surface area contributed by atoms with Crippen LogP contribution in [0.3, 0.4) is 0 Å². The molecule has 0 aromatic rings. The van der Waals surface area contributed by atoms with Crippen molar-refractivity contribution in [3.05, 3.63) is 0 Å². The predicted molar refractivity (Wildman–Crippen MR) is 29.4 cm³/mol. The van der Waals surface area contributed by atoms with Gasteiger partial charge in [-0.2, -0.15) is 0 Å². The summed E-state index contributed by atoms with van der Waals surface area (Å²) in [6.07, 6.45) is 0. The molecule has 2 nitrogen and oxygen atoms in total. The number of amidine groups is 1. The first-order chi connectivity index (χ1) is 1.73. The molecule has 0 aliphatic heterocycles. The third kappa shape index (κ3) is 124. The van der Waals surface area contributed by atoms with Gasteiger partial charge in [0.15, 0.2) is 0 Å². The minimum atomic E-state index is 0. The summed E-state index contributed by atoms with van der Waals surface area (Å²) in [5.74, 6) is 0. The first-order valence-corrected chi connectivity index (χ1v) is 1.70. The van der Waals surface area contributed by atoms with E-state index >= 15 is 0 Å². The zero-order valence-electron chi connectivity index (χ0n) is 2.43. The summed E-state index contributed by atoms with van der Waals surface area (Å²) in [4.78, 5) is 0. The van der Waals surface area contributed by atoms with Crippen molar-refractivity contribution in [2.75, 3.05) is 0 Å². The van der Waals surface area contributed by atoms with Gasteiger partial charge in [-0.3, -0.25) is 0 Å². The zero-order chi connectivity index (χ0) is 3.58. The molecule has 0 spiro atoms. The van der Waals surface area contributed by atoms with E-state index in [0.717, 1.165) is 0 Å². The summed E-state index contributed by atoms with van der Waals surface area (Å²) < 4.78 is 0.104. The molecule has 32 valence electrons. The predicted octanol–water partition coefficient (Wildman–Crippen LogP) is -0.641. The third-order valence-corrected chi connectivity index (χ3v) is 0. The first-order valence-electron chi connectivity index (χ1n) is 0.762. The second-order valence-electron chi connectivity index (χ2n) is 0.385. The second-order valence-corrected chi connectivity index (χ2v) is 1.40. The van der Waals surface area contributed by atoms with Crippen LogP contribution in [0.4, 0.5) is 0 Å². The molecule has 4 heteroatoms. The normalized spacial score (nSPS) is 5.00. The quantitative estimate of drug-likeness (QED) is 0.307. The fourth-order valence-corrected chi connectivity index (χ4v) is 0. The summed E-state index contributed by atoms with van der Waals surface area (Å²) in [6.45, 7) is 0. The van der Waals surface area contributed by atoms with Crippen LogP contribution in [0.5, 0.6) is 0 Å². The van der Waals surface area contributed by atoms with Gasteiger partial charge >= 0.3 is 31.9 Å². The Hall–Kier alpha value is 0.469. The Morgan fingerprint density at radius 1 is 1.80 bits per heavy atom. The van der Waals surface area contributed by atoms with Crippen LogP contribution in [0.1, 0.15) is 0 Å². The summed E-state index contributed by atoms with van der Waals surface area (Å²) in [6, 6.07) is 0. The number of halogens is 1. The van der Waals surface area contributed by atoms with Crippen molar-refractivity contribution in [1.82, 2.24) is 0 Å². The third-order valence-electron chi connectivity index (χ3n) is 0. The molecule has 0 bridgehead atoms. The van der Waals surface area contributed by atoms with Gasteiger partial charge in [0.2, 0.25) is 0 Å². The maximum atomic E-state index is 6.25. The first kappa shape index (κ1) is 9.08. The van der Waals surface area contributed by atoms with E-state index in [4.69, 9.17) is 5.41 Å². The van der Waals surface area contributed by atoms with Gasteiger partial charge in [-0.1, -0.05) is 0 Å². The van der Waals surface area contributed by atoms with Crippen molar-refractivity contribution in [2.45, 2.75) is 0 Å². The molecule has 0 aliphatic carbocycles. The topological polar surface area (TPSA) is 49.9 Å². The summed E-state index contributed by atoms with van der Waals surface area (Å²) in [5, 5.41) is 6.25. The fraction of sp³-hybridized carbons (Fsp3) is 0. The Bertz CT molecular complexity index is 32.6. The van der Waals surface area contributed by atoms with Crippen molar-refractivity contribution in [3.8, 4) is 0 Å². The van der Waals surface area contributed by atoms with Crippen LogP contribution < -0.4 is 5.73 Å². The molecule has 5 heavy (non-hydrogen) atoms. The van der Waals surface area contributed by atoms with Gasteiger partial charge in [0.05, 0.1) is 0 Å². The molecule has 0 aliphatic rings. The number of nitrogens with one attached hydrogen (secondary N) is 1. The van der Waals surface area contributed by atoms with Gasteiger partial charge in [-0.15, -0.1) is 17.0 Å². The summed E-state index contributed by atoms with van der Waals surface area (Å²) in [5.41, 5.74) is 4.67. The average Bonchev–Trinajstić information content (AvgIpc) is 0.811. The van der Waals surface area contributed by atoms with E-state index < -0.39 is 0 Å². The minimum absolute atomic E-state index is 0. The van der Waals surface area contributed by atoms with Crippen molar-refractivity contribution < 1.29 is 0 Å². The van der Waals surface area contributed by atoms with E-state index in [9.17, 15) is 0 Å². The number of rotatable bonds is 0. The van der Waals surface area contributed by atoms with Gasteiger partial charge in [-0.25, -0.2) is 0 Å². The Morgan fingerprint density at radius 3 is 1.80 bits per heavy atom. The second kappa shape index (κ2) is 4.47. The van der Waals surface area contributed by atoms with Crippen LogP contribution in [-0.2, 0) is 0 Å². The van der Waals surface area contributed by atoms with Crippen LogP contribution in [0, 0.1) is 5.41 Å². The molecule has 0 aromatic heterocycles. The van der Waals surface area contributed by atoms with Crippen LogP contribution in [-0.4, -0.2) is 20.7 Å². The molecule has 0 aromatic carbocycles. The molecule has 0 atom stereocenters. The summed E-state index contributed by atoms with van der Waals surface area (Å²) in [7, 11) is 0. The van der Waals surface area contributed by atoms with Crippen molar-refractivity contribution >= 4 is 37.7 Å². The van der Waals surface area contributed by atoms with E-state index in [1.807, 2.05) is 16.0 Å². The monoisotopic (exact) mass is 204 g/mol. The Labute approximate surface area is 49.2 Å². The molecule has 3 N–H and O–H groups in total. The molecule has 0 radical (unpaired) electrons.